The number of imidazole rings is 1. The lowest BCUT2D eigenvalue weighted by atomic mass is 9.87. The van der Waals surface area contributed by atoms with Gasteiger partial charge in [-0.2, -0.15) is 4.31 Å². The first-order chi connectivity index (χ1) is 30.6. The molecule has 65 heavy (non-hydrogen) atoms. The second kappa shape index (κ2) is 27.3. The van der Waals surface area contributed by atoms with Crippen LogP contribution in [0.15, 0.2) is 24.8 Å². The Labute approximate surface area is 381 Å². The number of aliphatic hydroxyl groups is 2. The van der Waals surface area contributed by atoms with Crippen molar-refractivity contribution >= 4 is 69.1 Å². The van der Waals surface area contributed by atoms with Crippen molar-refractivity contribution in [2.24, 2.45) is 5.41 Å². The van der Waals surface area contributed by atoms with E-state index >= 15 is 0 Å². The lowest BCUT2D eigenvalue weighted by Gasteiger charge is -2.30. The summed E-state index contributed by atoms with van der Waals surface area (Å²) in [6.45, 7) is 2.77. The van der Waals surface area contributed by atoms with E-state index in [2.05, 4.69) is 53.5 Å². The van der Waals surface area contributed by atoms with Gasteiger partial charge in [-0.15, -0.1) is 0 Å². The Morgan fingerprint density at radius 3 is 2.25 bits per heavy atom. The zero-order chi connectivity index (χ0) is 48.3. The first-order valence-electron chi connectivity index (χ1n) is 21.3. The van der Waals surface area contributed by atoms with Crippen LogP contribution in [-0.2, 0) is 50.7 Å². The molecule has 3 rings (SSSR count). The first kappa shape index (κ1) is 56.6. The van der Waals surface area contributed by atoms with Crippen LogP contribution in [0.4, 0.5) is 5.82 Å². The fourth-order valence-electron chi connectivity index (χ4n) is 6.35. The number of aromatic nitrogens is 4. The number of amides is 2. The number of nitrogens with zero attached hydrogens (tertiary/aromatic N) is 4. The van der Waals surface area contributed by atoms with Crippen molar-refractivity contribution < 1.29 is 80.5 Å². The van der Waals surface area contributed by atoms with Crippen LogP contribution in [0.1, 0.15) is 110 Å². The number of aliphatic hydroxyl groups excluding tert-OH is 2. The molecule has 2 amide bonds. The number of nitrogen functional groups attached to an aromatic ring is 1. The Bertz CT molecular complexity index is 2010. The highest BCUT2D eigenvalue weighted by Gasteiger charge is 2.50. The number of unbranched alkanes of at least 4 members (excludes halogenated alkanes) is 9. The summed E-state index contributed by atoms with van der Waals surface area (Å²) in [5, 5.41) is 26.6. The molecule has 0 radical (unpaired) electrons. The van der Waals surface area contributed by atoms with E-state index in [9.17, 15) is 57.9 Å². The number of hydrogen-bond donors (Lipinski definition) is 9. The molecule has 10 N–H and O–H groups in total. The molecule has 1 fully saturated rings. The standard InChI is InChI=1S/C37H64N7O17P3S/c1-4-5-6-7-8-9-10-11-12-13-14-15-16-17-28(46)65-21-20-39-27(45)18-19-40-35(49)32(48)37(2,3)23-58-64(55,56)61-63(53,54)57-22-26-31(60-62(50,51)52)30(47)36(59-26)44-25-43-29-33(38)41-24-42-34(29)44/h9-10,24-26,30-32,36,47-48H,4-8,11-23H2,1-3H3,(H,39,45)(H,40,49)(H,53,54)(H,55,56)(H2,38,41,42)(H2,50,51,52)/t26-,30-,31-,32+,36-/m1/s1. The molecule has 1 aliphatic rings. The molecule has 0 aromatic carbocycles. The van der Waals surface area contributed by atoms with Crippen molar-refractivity contribution in [3.05, 3.63) is 24.8 Å². The van der Waals surface area contributed by atoms with Crippen molar-refractivity contribution in [1.29, 1.82) is 0 Å². The number of thioether (sulfide) groups is 1. The third-order valence-corrected chi connectivity index (χ3v) is 13.9. The predicted octanol–water partition coefficient (Wildman–Crippen LogP) is 3.92. The molecule has 3 heterocycles. The van der Waals surface area contributed by atoms with Gasteiger partial charge in [0.1, 0.15) is 36.3 Å². The Balaban J connectivity index is 1.33. The van der Waals surface area contributed by atoms with E-state index in [0.29, 0.717) is 12.2 Å². The van der Waals surface area contributed by atoms with E-state index in [1.165, 1.54) is 39.5 Å². The average Bonchev–Trinajstić information content (AvgIpc) is 3.79. The normalized spacial score (nSPS) is 20.4. The molecule has 1 saturated heterocycles. The predicted molar refractivity (Wildman–Crippen MR) is 237 cm³/mol. The summed E-state index contributed by atoms with van der Waals surface area (Å²) < 4.78 is 62.4. The van der Waals surface area contributed by atoms with Gasteiger partial charge in [-0.05, 0) is 32.1 Å². The van der Waals surface area contributed by atoms with Crippen LogP contribution in [-0.4, -0.2) is 123 Å². The van der Waals surface area contributed by atoms with Crippen LogP contribution >= 0.6 is 35.2 Å². The lowest BCUT2D eigenvalue weighted by molar-refractivity contribution is -0.137. The van der Waals surface area contributed by atoms with E-state index in [1.807, 2.05) is 0 Å². The second-order valence-corrected chi connectivity index (χ2v) is 21.3. The minimum Gasteiger partial charge on any atom is -0.386 e. The fraction of sp³-hybridized carbons (Fsp3) is 0.730. The van der Waals surface area contributed by atoms with Crippen molar-refractivity contribution in [2.45, 2.75) is 135 Å². The average molecular weight is 1000 g/mol. The molecule has 28 heteroatoms. The van der Waals surface area contributed by atoms with E-state index in [1.54, 1.807) is 0 Å². The number of carbonyl (C=O) groups is 3. The summed E-state index contributed by atoms with van der Waals surface area (Å²) in [6, 6.07) is 0. The van der Waals surface area contributed by atoms with Crippen LogP contribution in [0.3, 0.4) is 0 Å². The monoisotopic (exact) mass is 1000 g/mol. The molecule has 1 aliphatic heterocycles. The molecule has 7 atom stereocenters. The van der Waals surface area contributed by atoms with Crippen LogP contribution in [0.25, 0.3) is 11.2 Å². The van der Waals surface area contributed by atoms with Gasteiger partial charge < -0.3 is 50.9 Å². The fourth-order valence-corrected chi connectivity index (χ4v) is 9.90. The molecule has 24 nitrogen and oxygen atoms in total. The van der Waals surface area contributed by atoms with Crippen LogP contribution in [0.2, 0.25) is 0 Å². The maximum atomic E-state index is 12.7. The van der Waals surface area contributed by atoms with Gasteiger partial charge in [-0.25, -0.2) is 28.6 Å². The van der Waals surface area contributed by atoms with E-state index < -0.39 is 84.6 Å². The van der Waals surface area contributed by atoms with Crippen LogP contribution in [0.5, 0.6) is 0 Å². The molecular formula is C37H64N7O17P3S. The number of rotatable bonds is 32. The molecule has 370 valence electrons. The first-order valence-corrected chi connectivity index (χ1v) is 26.8. The number of nitrogens with two attached hydrogens (primary N) is 1. The molecule has 2 aromatic rings. The highest BCUT2D eigenvalue weighted by molar-refractivity contribution is 8.13. The smallest absolute Gasteiger partial charge is 0.386 e. The minimum atomic E-state index is -5.57. The SMILES string of the molecule is CCCCCCC=CCCCCCCCC(=O)SCCNC(=O)CCNC(=O)[C@H](O)C(C)(C)COP(=O)(O)OP(=O)(O)OC[C@H]1O[C@@H](n2cnc3c(N)ncnc32)[C@H](O)[C@@H]1OP(=O)(O)O. The van der Waals surface area contributed by atoms with Gasteiger partial charge in [0.15, 0.2) is 22.8 Å². The number of anilines is 1. The molecule has 0 bridgehead atoms. The Morgan fingerprint density at radius 2 is 1.57 bits per heavy atom. The zero-order valence-electron chi connectivity index (χ0n) is 36.7. The van der Waals surface area contributed by atoms with Gasteiger partial charge in [0.05, 0.1) is 19.5 Å². The number of allylic oxidation sites excluding steroid dienone is 2. The summed E-state index contributed by atoms with van der Waals surface area (Å²) in [5.74, 6) is -1.03. The van der Waals surface area contributed by atoms with Crippen LogP contribution < -0.4 is 16.4 Å². The van der Waals surface area contributed by atoms with Gasteiger partial charge >= 0.3 is 23.5 Å². The number of hydrogen-bond acceptors (Lipinski definition) is 18. The van der Waals surface area contributed by atoms with Gasteiger partial charge in [-0.3, -0.25) is 32.5 Å². The number of phosphoric acid groups is 3. The third-order valence-electron chi connectivity index (χ3n) is 9.91. The molecule has 2 unspecified atom stereocenters. The Morgan fingerprint density at radius 1 is 0.923 bits per heavy atom. The molecular weight excluding hydrogens is 939 g/mol. The van der Waals surface area contributed by atoms with Crippen molar-refractivity contribution in [3.63, 3.8) is 0 Å². The van der Waals surface area contributed by atoms with Gasteiger partial charge in [-0.1, -0.05) is 83.2 Å². The molecule has 2 aromatic heterocycles. The zero-order valence-corrected chi connectivity index (χ0v) is 40.2. The molecule has 0 spiro atoms. The minimum absolute atomic E-state index is 0.0328. The summed E-state index contributed by atoms with van der Waals surface area (Å²) in [6.07, 6.45) is 10.7. The summed E-state index contributed by atoms with van der Waals surface area (Å²) >= 11 is 1.15. The Hall–Kier alpha value is -2.70. The third kappa shape index (κ3) is 20.6. The quantitative estimate of drug-likeness (QED) is 0.0285. The summed E-state index contributed by atoms with van der Waals surface area (Å²) in [7, 11) is -16.4. The van der Waals surface area contributed by atoms with Crippen LogP contribution in [0, 0.1) is 5.41 Å². The number of phosphoric ester groups is 3. The number of nitrogens with one attached hydrogen (secondary N) is 2. The summed E-state index contributed by atoms with van der Waals surface area (Å²) in [5.41, 5.74) is 4.28. The highest BCUT2D eigenvalue weighted by Crippen LogP contribution is 2.61. The second-order valence-electron chi connectivity index (χ2n) is 15.9. The van der Waals surface area contributed by atoms with Crippen molar-refractivity contribution in [2.75, 3.05) is 37.8 Å². The topological polar surface area (TPSA) is 364 Å². The largest absolute Gasteiger partial charge is 0.481 e. The van der Waals surface area contributed by atoms with Gasteiger partial charge in [0, 0.05) is 37.1 Å². The van der Waals surface area contributed by atoms with E-state index in [4.69, 9.17) is 19.5 Å². The molecule has 0 aliphatic carbocycles. The Kier molecular flexibility index (Phi) is 23.8. The maximum absolute atomic E-state index is 12.7. The summed E-state index contributed by atoms with van der Waals surface area (Å²) in [4.78, 5) is 88.2. The lowest BCUT2D eigenvalue weighted by Crippen LogP contribution is -2.46. The number of ether oxygens (including phenoxy) is 1. The van der Waals surface area contributed by atoms with Gasteiger partial charge in [0.25, 0.3) is 0 Å². The maximum Gasteiger partial charge on any atom is 0.481 e. The van der Waals surface area contributed by atoms with Crippen molar-refractivity contribution in [1.82, 2.24) is 30.2 Å². The van der Waals surface area contributed by atoms with E-state index in [-0.39, 0.29) is 41.6 Å². The number of fused-ring (bicyclic) bond motifs is 1. The number of carbonyl (C=O) groups excluding carboxylic acids is 3. The van der Waals surface area contributed by atoms with E-state index in [0.717, 1.165) is 73.9 Å². The van der Waals surface area contributed by atoms with Crippen molar-refractivity contribution in [3.8, 4) is 0 Å². The van der Waals surface area contributed by atoms with Gasteiger partial charge in [0.2, 0.25) is 11.8 Å². The highest BCUT2D eigenvalue weighted by atomic mass is 32.2. The molecule has 0 saturated carbocycles.